The van der Waals surface area contributed by atoms with Gasteiger partial charge >= 0.3 is 5.97 Å². The number of esters is 1. The summed E-state index contributed by atoms with van der Waals surface area (Å²) in [6.07, 6.45) is 1.59. The van der Waals surface area contributed by atoms with Crippen LogP contribution in [0.15, 0.2) is 65.3 Å². The summed E-state index contributed by atoms with van der Waals surface area (Å²) >= 11 is 1.56. The van der Waals surface area contributed by atoms with Gasteiger partial charge in [-0.1, -0.05) is 12.1 Å². The number of anilines is 1. The van der Waals surface area contributed by atoms with E-state index in [1.807, 2.05) is 25.1 Å². The van der Waals surface area contributed by atoms with E-state index < -0.39 is 5.97 Å². The Balaban J connectivity index is 1.44. The minimum atomic E-state index is -0.390. The monoisotopic (exact) mass is 464 g/mol. The van der Waals surface area contributed by atoms with E-state index in [-0.39, 0.29) is 17.2 Å². The van der Waals surface area contributed by atoms with E-state index >= 15 is 0 Å². The zero-order valence-corrected chi connectivity index (χ0v) is 19.2. The van der Waals surface area contributed by atoms with Gasteiger partial charge in [-0.2, -0.15) is 0 Å². The number of furan rings is 1. The van der Waals surface area contributed by atoms with Crippen LogP contribution in [0.4, 0.5) is 5.69 Å². The van der Waals surface area contributed by atoms with E-state index in [9.17, 15) is 14.4 Å². The van der Waals surface area contributed by atoms with E-state index in [4.69, 9.17) is 9.15 Å². The lowest BCUT2D eigenvalue weighted by Crippen LogP contribution is -2.27. The van der Waals surface area contributed by atoms with Gasteiger partial charge in [0.15, 0.2) is 0 Å². The highest BCUT2D eigenvalue weighted by Crippen LogP contribution is 2.39. The predicted molar refractivity (Wildman–Crippen MR) is 126 cm³/mol. The van der Waals surface area contributed by atoms with E-state index in [0.717, 1.165) is 16.9 Å². The summed E-state index contributed by atoms with van der Waals surface area (Å²) < 4.78 is 10.4. The van der Waals surface area contributed by atoms with E-state index in [1.165, 1.54) is 0 Å². The molecule has 1 fully saturated rings. The maximum absolute atomic E-state index is 12.8. The molecule has 1 atom stereocenters. The van der Waals surface area contributed by atoms with Crippen molar-refractivity contribution in [3.8, 4) is 0 Å². The molecule has 2 heterocycles. The maximum Gasteiger partial charge on any atom is 0.338 e. The standard InChI is InChI=1S/C25H24N2O5S/c1-3-31-25(30)19-10-11-21(16(2)13-19)26-23(29)17-6-8-18(9-7-17)24-27(22(28)15-33-24)14-20-5-4-12-32-20/h4-13,24H,3,14-15H2,1-2H3,(H,26,29)/t24-/m0/s1. The van der Waals surface area contributed by atoms with E-state index in [2.05, 4.69) is 5.32 Å². The van der Waals surface area contributed by atoms with Crippen molar-refractivity contribution in [2.45, 2.75) is 25.8 Å². The molecule has 33 heavy (non-hydrogen) atoms. The van der Waals surface area contributed by atoms with Gasteiger partial charge in [0.25, 0.3) is 5.91 Å². The topological polar surface area (TPSA) is 88.8 Å². The van der Waals surface area contributed by atoms with E-state index in [0.29, 0.717) is 35.7 Å². The molecule has 0 spiro atoms. The number of nitrogens with one attached hydrogen (secondary N) is 1. The fraction of sp³-hybridized carbons (Fsp3) is 0.240. The van der Waals surface area contributed by atoms with Gasteiger partial charge in [-0.05, 0) is 67.4 Å². The SMILES string of the molecule is CCOC(=O)c1ccc(NC(=O)c2ccc([C@@H]3SCC(=O)N3Cc3ccco3)cc2)c(C)c1. The van der Waals surface area contributed by atoms with Crippen LogP contribution in [0.1, 0.15) is 49.9 Å². The molecule has 1 aliphatic heterocycles. The lowest BCUT2D eigenvalue weighted by atomic mass is 10.1. The largest absolute Gasteiger partial charge is 0.467 e. The fourth-order valence-corrected chi connectivity index (χ4v) is 4.80. The Kier molecular flexibility index (Phi) is 6.84. The smallest absolute Gasteiger partial charge is 0.338 e. The molecule has 0 aliphatic carbocycles. The number of nitrogens with zero attached hydrogens (tertiary/aromatic N) is 1. The first kappa shape index (κ1) is 22.7. The molecule has 0 bridgehead atoms. The summed E-state index contributed by atoms with van der Waals surface area (Å²) in [5, 5.41) is 2.76. The molecule has 0 unspecified atom stereocenters. The highest BCUT2D eigenvalue weighted by molar-refractivity contribution is 8.00. The van der Waals surface area contributed by atoms with Crippen LogP contribution in [0.2, 0.25) is 0 Å². The molecule has 2 aromatic carbocycles. The Hall–Kier alpha value is -3.52. The molecule has 7 nitrogen and oxygen atoms in total. The van der Waals surface area contributed by atoms with E-state index in [1.54, 1.807) is 66.2 Å². The molecule has 1 saturated heterocycles. The summed E-state index contributed by atoms with van der Waals surface area (Å²) in [5.41, 5.74) is 3.28. The summed E-state index contributed by atoms with van der Waals surface area (Å²) in [4.78, 5) is 38.8. The van der Waals surface area contributed by atoms with Crippen molar-refractivity contribution in [2.75, 3.05) is 17.7 Å². The number of benzene rings is 2. The lowest BCUT2D eigenvalue weighted by Gasteiger charge is -2.23. The highest BCUT2D eigenvalue weighted by Gasteiger charge is 2.33. The number of rotatable bonds is 7. The minimum absolute atomic E-state index is 0.0601. The van der Waals surface area contributed by atoms with Crippen molar-refractivity contribution in [1.82, 2.24) is 4.90 Å². The number of amides is 2. The van der Waals surface area contributed by atoms with Gasteiger partial charge in [-0.3, -0.25) is 9.59 Å². The number of hydrogen-bond donors (Lipinski definition) is 1. The first-order valence-corrected chi connectivity index (χ1v) is 11.6. The summed E-state index contributed by atoms with van der Waals surface area (Å²) in [6.45, 7) is 4.29. The molecule has 170 valence electrons. The number of thioether (sulfide) groups is 1. The molecule has 1 N–H and O–H groups in total. The van der Waals surface area contributed by atoms with Crippen LogP contribution >= 0.6 is 11.8 Å². The van der Waals surface area contributed by atoms with Crippen LogP contribution < -0.4 is 5.32 Å². The third-order valence-corrected chi connectivity index (χ3v) is 6.57. The molecule has 2 amide bonds. The van der Waals surface area contributed by atoms with Gasteiger partial charge < -0.3 is 19.4 Å². The molecule has 1 aromatic heterocycles. The summed E-state index contributed by atoms with van der Waals surface area (Å²) in [6, 6.07) is 15.9. The molecule has 0 saturated carbocycles. The Bertz CT molecular complexity index is 1160. The Morgan fingerprint density at radius 3 is 2.58 bits per heavy atom. The van der Waals surface area contributed by atoms with Crippen molar-refractivity contribution in [1.29, 1.82) is 0 Å². The second kappa shape index (κ2) is 9.95. The average molecular weight is 465 g/mol. The third-order valence-electron chi connectivity index (χ3n) is 5.32. The molecule has 4 rings (SSSR count). The first-order valence-electron chi connectivity index (χ1n) is 10.6. The maximum atomic E-state index is 12.8. The van der Waals surface area contributed by atoms with Crippen LogP contribution in [0, 0.1) is 6.92 Å². The van der Waals surface area contributed by atoms with Gasteiger partial charge in [-0.25, -0.2) is 4.79 Å². The number of carbonyl (C=O) groups is 3. The van der Waals surface area contributed by atoms with Crippen molar-refractivity contribution in [3.05, 3.63) is 88.9 Å². The van der Waals surface area contributed by atoms with Crippen LogP contribution in [0.3, 0.4) is 0 Å². The summed E-state index contributed by atoms with van der Waals surface area (Å²) in [5.74, 6) is 0.560. The Morgan fingerprint density at radius 2 is 1.91 bits per heavy atom. The molecular weight excluding hydrogens is 440 g/mol. The molecule has 8 heteroatoms. The minimum Gasteiger partial charge on any atom is -0.467 e. The quantitative estimate of drug-likeness (QED) is 0.506. The third kappa shape index (κ3) is 5.12. The van der Waals surface area contributed by atoms with Gasteiger partial charge in [0.1, 0.15) is 11.1 Å². The second-order valence-electron chi connectivity index (χ2n) is 7.59. The molecular formula is C25H24N2O5S. The number of aryl methyl sites for hydroxylation is 1. The fourth-order valence-electron chi connectivity index (χ4n) is 3.61. The predicted octanol–water partition coefficient (Wildman–Crippen LogP) is 4.79. The molecule has 1 aliphatic rings. The summed E-state index contributed by atoms with van der Waals surface area (Å²) in [7, 11) is 0. The van der Waals surface area contributed by atoms with Crippen molar-refractivity contribution in [3.63, 3.8) is 0 Å². The Labute approximate surface area is 196 Å². The van der Waals surface area contributed by atoms with Gasteiger partial charge in [0, 0.05) is 11.3 Å². The van der Waals surface area contributed by atoms with Crippen LogP contribution in [-0.2, 0) is 16.1 Å². The lowest BCUT2D eigenvalue weighted by molar-refractivity contribution is -0.128. The normalized spacial score (nSPS) is 15.5. The average Bonchev–Trinajstić information content (AvgIpc) is 3.46. The highest BCUT2D eigenvalue weighted by atomic mass is 32.2. The zero-order chi connectivity index (χ0) is 23.4. The van der Waals surface area contributed by atoms with Crippen LogP contribution in [0.5, 0.6) is 0 Å². The van der Waals surface area contributed by atoms with Crippen molar-refractivity contribution >= 4 is 35.2 Å². The van der Waals surface area contributed by atoms with Gasteiger partial charge in [0.2, 0.25) is 5.91 Å². The Morgan fingerprint density at radius 1 is 1.15 bits per heavy atom. The number of ether oxygens (including phenoxy) is 1. The molecule has 3 aromatic rings. The number of carbonyl (C=O) groups excluding carboxylic acids is 3. The molecule has 0 radical (unpaired) electrons. The van der Waals surface area contributed by atoms with Crippen molar-refractivity contribution in [2.24, 2.45) is 0 Å². The first-order chi connectivity index (χ1) is 16.0. The van der Waals surface area contributed by atoms with Crippen molar-refractivity contribution < 1.29 is 23.5 Å². The van der Waals surface area contributed by atoms with Gasteiger partial charge in [0.05, 0.1) is 30.7 Å². The van der Waals surface area contributed by atoms with Crippen LogP contribution in [0.25, 0.3) is 0 Å². The zero-order valence-electron chi connectivity index (χ0n) is 18.4. The number of hydrogen-bond acceptors (Lipinski definition) is 6. The van der Waals surface area contributed by atoms with Gasteiger partial charge in [-0.15, -0.1) is 11.8 Å². The second-order valence-corrected chi connectivity index (χ2v) is 8.66. The van der Waals surface area contributed by atoms with Crippen LogP contribution in [-0.4, -0.2) is 35.0 Å².